The van der Waals surface area contributed by atoms with Crippen LogP contribution in [-0.4, -0.2) is 42.9 Å². The first-order valence-electron chi connectivity index (χ1n) is 8.83. The summed E-state index contributed by atoms with van der Waals surface area (Å²) in [4.78, 5) is 23.8. The monoisotopic (exact) mass is 412 g/mol. The number of nitrogens with zero attached hydrogens (tertiary/aromatic N) is 4. The number of benzene rings is 1. The van der Waals surface area contributed by atoms with Gasteiger partial charge in [-0.25, -0.2) is 4.98 Å². The molecule has 1 aliphatic heterocycles. The van der Waals surface area contributed by atoms with Crippen molar-refractivity contribution in [3.05, 3.63) is 46.6 Å². The molecule has 2 heterocycles. The summed E-state index contributed by atoms with van der Waals surface area (Å²) in [5.74, 6) is 0.0689. The minimum absolute atomic E-state index is 0.0234. The van der Waals surface area contributed by atoms with Gasteiger partial charge in [0.2, 0.25) is 5.95 Å². The van der Waals surface area contributed by atoms with Gasteiger partial charge in [0.1, 0.15) is 5.82 Å². The molecule has 0 bridgehead atoms. The van der Waals surface area contributed by atoms with Crippen molar-refractivity contribution in [2.24, 2.45) is 5.92 Å². The molecule has 9 heteroatoms. The number of hydrogen-bond donors (Lipinski definition) is 0. The van der Waals surface area contributed by atoms with Crippen LogP contribution in [0.25, 0.3) is 0 Å². The Labute approximate surface area is 166 Å². The van der Waals surface area contributed by atoms with E-state index in [9.17, 15) is 18.0 Å². The highest BCUT2D eigenvalue weighted by atomic mass is 35.5. The maximum absolute atomic E-state index is 13.2. The van der Waals surface area contributed by atoms with Gasteiger partial charge in [0.25, 0.3) is 0 Å². The van der Waals surface area contributed by atoms with Crippen molar-refractivity contribution in [2.45, 2.75) is 19.0 Å². The third-order valence-electron chi connectivity index (χ3n) is 4.73. The van der Waals surface area contributed by atoms with Gasteiger partial charge in [-0.05, 0) is 37.1 Å². The van der Waals surface area contributed by atoms with Gasteiger partial charge in [-0.15, -0.1) is 0 Å². The van der Waals surface area contributed by atoms with Crippen LogP contribution in [0.1, 0.15) is 28.9 Å². The first kappa shape index (κ1) is 20.4. The fraction of sp³-hybridized carbons (Fsp3) is 0.421. The molecule has 2 aromatic rings. The van der Waals surface area contributed by atoms with Crippen molar-refractivity contribution in [3.63, 3.8) is 0 Å². The number of carbonyl (C=O) groups excluding carboxylic acids is 1. The zero-order valence-corrected chi connectivity index (χ0v) is 16.3. The molecule has 1 saturated heterocycles. The Bertz CT molecular complexity index is 847. The van der Waals surface area contributed by atoms with Gasteiger partial charge < -0.3 is 9.80 Å². The second kappa shape index (κ2) is 7.95. The number of Topliss-reactive ketones (excluding diaryl/α,β-unsaturated/α-hetero) is 1. The SMILES string of the molecule is CN(C)c1cc(C(F)(F)F)nc(N2CCC(C(=O)c3ccc(Cl)cc3)CC2)n1. The van der Waals surface area contributed by atoms with E-state index >= 15 is 0 Å². The molecule has 0 radical (unpaired) electrons. The standard InChI is InChI=1S/C19H20ClF3N4O/c1-26(2)16-11-15(19(21,22)23)24-18(25-16)27-9-7-13(8-10-27)17(28)12-3-5-14(20)6-4-12/h3-6,11,13H,7-10H2,1-2H3. The molecule has 0 N–H and O–H groups in total. The smallest absolute Gasteiger partial charge is 0.363 e. The molecule has 150 valence electrons. The lowest BCUT2D eigenvalue weighted by Gasteiger charge is -2.32. The Morgan fingerprint density at radius 1 is 1.14 bits per heavy atom. The van der Waals surface area contributed by atoms with E-state index in [-0.39, 0.29) is 23.5 Å². The van der Waals surface area contributed by atoms with Crippen molar-refractivity contribution in [2.75, 3.05) is 37.0 Å². The predicted octanol–water partition coefficient (Wildman–Crippen LogP) is 4.31. The van der Waals surface area contributed by atoms with E-state index < -0.39 is 11.9 Å². The quantitative estimate of drug-likeness (QED) is 0.700. The lowest BCUT2D eigenvalue weighted by Crippen LogP contribution is -2.38. The summed E-state index contributed by atoms with van der Waals surface area (Å²) in [6.07, 6.45) is -3.50. The summed E-state index contributed by atoms with van der Waals surface area (Å²) in [5.41, 5.74) is -0.381. The number of rotatable bonds is 4. The van der Waals surface area contributed by atoms with Gasteiger partial charge in [0, 0.05) is 49.8 Å². The molecule has 28 heavy (non-hydrogen) atoms. The second-order valence-electron chi connectivity index (χ2n) is 6.94. The molecule has 0 saturated carbocycles. The number of ketones is 1. The first-order valence-corrected chi connectivity index (χ1v) is 9.21. The van der Waals surface area contributed by atoms with Crippen molar-refractivity contribution in [3.8, 4) is 0 Å². The van der Waals surface area contributed by atoms with Gasteiger partial charge in [-0.1, -0.05) is 11.6 Å². The maximum Gasteiger partial charge on any atom is 0.433 e. The van der Waals surface area contributed by atoms with Crippen LogP contribution in [0.15, 0.2) is 30.3 Å². The number of halogens is 4. The molecular formula is C19H20ClF3N4O. The normalized spacial score (nSPS) is 15.6. The summed E-state index contributed by atoms with van der Waals surface area (Å²) in [5, 5.41) is 0.560. The van der Waals surface area contributed by atoms with E-state index in [0.717, 1.165) is 6.07 Å². The third-order valence-corrected chi connectivity index (χ3v) is 4.98. The first-order chi connectivity index (χ1) is 13.1. The van der Waals surface area contributed by atoms with Crippen LogP contribution in [0, 0.1) is 5.92 Å². The van der Waals surface area contributed by atoms with Crippen molar-refractivity contribution in [1.29, 1.82) is 0 Å². The number of piperidine rings is 1. The number of anilines is 2. The summed E-state index contributed by atoms with van der Waals surface area (Å²) in [6, 6.07) is 7.65. The molecule has 1 aromatic carbocycles. The molecule has 3 rings (SSSR count). The minimum Gasteiger partial charge on any atom is -0.363 e. The predicted molar refractivity (Wildman–Crippen MR) is 102 cm³/mol. The summed E-state index contributed by atoms with van der Waals surface area (Å²) in [7, 11) is 3.26. The van der Waals surface area contributed by atoms with E-state index in [2.05, 4.69) is 9.97 Å². The number of aromatic nitrogens is 2. The molecule has 0 aliphatic carbocycles. The van der Waals surface area contributed by atoms with E-state index in [0.29, 0.717) is 36.5 Å². The Kier molecular flexibility index (Phi) is 5.79. The van der Waals surface area contributed by atoms with Crippen molar-refractivity contribution < 1.29 is 18.0 Å². The lowest BCUT2D eigenvalue weighted by atomic mass is 9.89. The molecule has 0 unspecified atom stereocenters. The van der Waals surface area contributed by atoms with E-state index in [1.165, 1.54) is 4.90 Å². The molecule has 5 nitrogen and oxygen atoms in total. The molecule has 0 spiro atoms. The third kappa shape index (κ3) is 4.55. The average Bonchev–Trinajstić information content (AvgIpc) is 2.67. The van der Waals surface area contributed by atoms with Crippen LogP contribution in [0.3, 0.4) is 0 Å². The summed E-state index contributed by atoms with van der Waals surface area (Å²) in [6.45, 7) is 0.830. The molecule has 1 aromatic heterocycles. The Morgan fingerprint density at radius 2 is 1.75 bits per heavy atom. The largest absolute Gasteiger partial charge is 0.433 e. The highest BCUT2D eigenvalue weighted by Gasteiger charge is 2.35. The Hall–Kier alpha value is -2.35. The zero-order valence-electron chi connectivity index (χ0n) is 15.5. The van der Waals surface area contributed by atoms with Crippen molar-refractivity contribution >= 4 is 29.2 Å². The Balaban J connectivity index is 1.75. The maximum atomic E-state index is 13.2. The van der Waals surface area contributed by atoms with E-state index in [1.54, 1.807) is 43.3 Å². The number of alkyl halides is 3. The summed E-state index contributed by atoms with van der Waals surface area (Å²) < 4.78 is 39.5. The highest BCUT2D eigenvalue weighted by Crippen LogP contribution is 2.32. The molecule has 0 amide bonds. The second-order valence-corrected chi connectivity index (χ2v) is 7.37. The molecular weight excluding hydrogens is 393 g/mol. The molecule has 0 atom stereocenters. The van der Waals surface area contributed by atoms with E-state index in [1.807, 2.05) is 0 Å². The van der Waals surface area contributed by atoms with Gasteiger partial charge in [0.15, 0.2) is 11.5 Å². The van der Waals surface area contributed by atoms with Gasteiger partial charge >= 0.3 is 6.18 Å². The van der Waals surface area contributed by atoms with Gasteiger partial charge in [-0.3, -0.25) is 4.79 Å². The molecule has 1 aliphatic rings. The van der Waals surface area contributed by atoms with Gasteiger partial charge in [-0.2, -0.15) is 18.2 Å². The lowest BCUT2D eigenvalue weighted by molar-refractivity contribution is -0.141. The number of carbonyl (C=O) groups is 1. The van der Waals surface area contributed by atoms with Crippen LogP contribution in [0.4, 0.5) is 24.9 Å². The van der Waals surface area contributed by atoms with Crippen LogP contribution < -0.4 is 9.80 Å². The fourth-order valence-corrected chi connectivity index (χ4v) is 3.26. The van der Waals surface area contributed by atoms with Gasteiger partial charge in [0.05, 0.1) is 0 Å². The highest BCUT2D eigenvalue weighted by molar-refractivity contribution is 6.30. The van der Waals surface area contributed by atoms with Crippen LogP contribution in [-0.2, 0) is 6.18 Å². The fourth-order valence-electron chi connectivity index (χ4n) is 3.13. The minimum atomic E-state index is -4.55. The molecule has 1 fully saturated rings. The van der Waals surface area contributed by atoms with E-state index in [4.69, 9.17) is 11.6 Å². The zero-order chi connectivity index (χ0) is 20.5. The number of hydrogen-bond acceptors (Lipinski definition) is 5. The topological polar surface area (TPSA) is 49.3 Å². The van der Waals surface area contributed by atoms with Crippen LogP contribution in [0.2, 0.25) is 5.02 Å². The Morgan fingerprint density at radius 3 is 2.29 bits per heavy atom. The van der Waals surface area contributed by atoms with Crippen LogP contribution in [0.5, 0.6) is 0 Å². The summed E-state index contributed by atoms with van der Waals surface area (Å²) >= 11 is 5.85. The van der Waals surface area contributed by atoms with Crippen LogP contribution >= 0.6 is 11.6 Å². The average molecular weight is 413 g/mol. The van der Waals surface area contributed by atoms with Crippen molar-refractivity contribution in [1.82, 2.24) is 9.97 Å².